The normalized spacial score (nSPS) is 12.3. The molecule has 0 saturated carbocycles. The van der Waals surface area contributed by atoms with Crippen LogP contribution in [-0.2, 0) is 14.8 Å². The van der Waals surface area contributed by atoms with Crippen LogP contribution in [0.25, 0.3) is 0 Å². The molecule has 9 nitrogen and oxygen atoms in total. The lowest BCUT2D eigenvalue weighted by Gasteiger charge is -2.15. The molecular weight excluding hydrogens is 537 g/mol. The molecule has 1 atom stereocenters. The van der Waals surface area contributed by atoms with Crippen LogP contribution in [-0.4, -0.2) is 37.7 Å². The minimum atomic E-state index is -3.96. The Morgan fingerprint density at radius 3 is 2.63 bits per heavy atom. The highest BCUT2D eigenvalue weighted by Gasteiger charge is 2.22. The Morgan fingerprint density at radius 2 is 1.97 bits per heavy atom. The molecular formula is C22H19Cl2N3O6S2. The standard InChI is InChI=1S/C22H19Cl2N3O6S2/c1-2-17(22(29)30)33-18-9-8-14(23)11-13(18)12-25-26-21(28)15-5-3-6-16(24)20(15)27-35(31,32)19-7-4-10-34-19/h3-12,17,27H,2H2,1H3,(H,26,28)(H,29,30)/b25-12-. The highest BCUT2D eigenvalue weighted by atomic mass is 35.5. The number of carboxylic acid groups (broad SMARTS) is 1. The van der Waals surface area contributed by atoms with Crippen LogP contribution >= 0.6 is 34.5 Å². The Bertz CT molecular complexity index is 1360. The summed E-state index contributed by atoms with van der Waals surface area (Å²) in [6, 6.07) is 11.8. The van der Waals surface area contributed by atoms with Crippen LogP contribution in [0.5, 0.6) is 5.75 Å². The molecule has 1 unspecified atom stereocenters. The van der Waals surface area contributed by atoms with Gasteiger partial charge in [-0.05, 0) is 48.2 Å². The number of carbonyl (C=O) groups excluding carboxylic acids is 1. The maximum absolute atomic E-state index is 12.8. The molecule has 0 bridgehead atoms. The van der Waals surface area contributed by atoms with Crippen LogP contribution in [0.4, 0.5) is 5.69 Å². The topological polar surface area (TPSA) is 134 Å². The number of aliphatic carboxylic acids is 1. The second kappa shape index (κ2) is 11.5. The number of carboxylic acids is 1. The van der Waals surface area contributed by atoms with Gasteiger partial charge in [-0.2, -0.15) is 5.10 Å². The lowest BCUT2D eigenvalue weighted by Crippen LogP contribution is -2.26. The Kier molecular flexibility index (Phi) is 8.73. The molecule has 3 N–H and O–H groups in total. The van der Waals surface area contributed by atoms with Crippen LogP contribution < -0.4 is 14.9 Å². The van der Waals surface area contributed by atoms with Gasteiger partial charge in [0, 0.05) is 10.6 Å². The van der Waals surface area contributed by atoms with Gasteiger partial charge in [-0.1, -0.05) is 42.3 Å². The summed E-state index contributed by atoms with van der Waals surface area (Å²) in [4.78, 5) is 24.1. The molecule has 0 fully saturated rings. The van der Waals surface area contributed by atoms with E-state index in [0.29, 0.717) is 10.6 Å². The van der Waals surface area contributed by atoms with Crippen molar-refractivity contribution in [3.63, 3.8) is 0 Å². The van der Waals surface area contributed by atoms with Gasteiger partial charge in [-0.15, -0.1) is 11.3 Å². The summed E-state index contributed by atoms with van der Waals surface area (Å²) in [6.07, 6.45) is 0.376. The summed E-state index contributed by atoms with van der Waals surface area (Å²) >= 11 is 13.2. The molecule has 0 aliphatic carbocycles. The Morgan fingerprint density at radius 1 is 1.20 bits per heavy atom. The summed E-state index contributed by atoms with van der Waals surface area (Å²) in [5.41, 5.74) is 2.46. The Hall–Kier alpha value is -3.12. The van der Waals surface area contributed by atoms with E-state index in [-0.39, 0.29) is 32.7 Å². The quantitative estimate of drug-likeness (QED) is 0.241. The van der Waals surface area contributed by atoms with Crippen LogP contribution in [0.3, 0.4) is 0 Å². The van der Waals surface area contributed by atoms with Gasteiger partial charge in [0.2, 0.25) is 0 Å². The van der Waals surface area contributed by atoms with Crippen molar-refractivity contribution in [1.82, 2.24) is 5.43 Å². The van der Waals surface area contributed by atoms with Crippen molar-refractivity contribution in [2.24, 2.45) is 5.10 Å². The highest BCUT2D eigenvalue weighted by molar-refractivity contribution is 7.94. The second-order valence-corrected chi connectivity index (χ2v) is 10.6. The third-order valence-electron chi connectivity index (χ3n) is 4.51. The van der Waals surface area contributed by atoms with Crippen molar-refractivity contribution in [3.05, 3.63) is 75.1 Å². The van der Waals surface area contributed by atoms with E-state index < -0.39 is 28.0 Å². The smallest absolute Gasteiger partial charge is 0.344 e. The fourth-order valence-electron chi connectivity index (χ4n) is 2.83. The number of para-hydroxylation sites is 1. The number of hydrogen-bond donors (Lipinski definition) is 3. The number of hydrogen-bond acceptors (Lipinski definition) is 7. The summed E-state index contributed by atoms with van der Waals surface area (Å²) < 4.78 is 33.2. The first-order valence-corrected chi connectivity index (χ1v) is 13.1. The maximum Gasteiger partial charge on any atom is 0.344 e. The highest BCUT2D eigenvalue weighted by Crippen LogP contribution is 2.30. The van der Waals surface area contributed by atoms with Gasteiger partial charge in [0.05, 0.1) is 22.5 Å². The number of halogens is 2. The third-order valence-corrected chi connectivity index (χ3v) is 7.81. The van der Waals surface area contributed by atoms with E-state index in [2.05, 4.69) is 15.2 Å². The molecule has 3 aromatic rings. The van der Waals surface area contributed by atoms with Gasteiger partial charge in [-0.3, -0.25) is 9.52 Å². The van der Waals surface area contributed by atoms with E-state index in [4.69, 9.17) is 27.9 Å². The maximum atomic E-state index is 12.8. The number of benzene rings is 2. The number of nitrogens with zero attached hydrogens (tertiary/aromatic N) is 1. The first kappa shape index (κ1) is 26.5. The minimum absolute atomic E-state index is 0.0200. The van der Waals surface area contributed by atoms with E-state index in [1.807, 2.05) is 0 Å². The Labute approximate surface area is 215 Å². The van der Waals surface area contributed by atoms with E-state index in [1.54, 1.807) is 18.4 Å². The molecule has 0 aliphatic heterocycles. The molecule has 1 amide bonds. The average Bonchev–Trinajstić information content (AvgIpc) is 3.35. The largest absolute Gasteiger partial charge is 0.479 e. The van der Waals surface area contributed by atoms with Gasteiger partial charge in [-0.25, -0.2) is 18.6 Å². The number of hydrazone groups is 1. The molecule has 1 heterocycles. The molecule has 0 aliphatic rings. The van der Waals surface area contributed by atoms with Crippen molar-refractivity contribution in [2.45, 2.75) is 23.7 Å². The van der Waals surface area contributed by atoms with Crippen LogP contribution in [0, 0.1) is 0 Å². The third kappa shape index (κ3) is 6.73. The zero-order valence-corrected chi connectivity index (χ0v) is 21.2. The second-order valence-electron chi connectivity index (χ2n) is 6.93. The SMILES string of the molecule is CCC(Oc1ccc(Cl)cc1/C=N\NC(=O)c1cccc(Cl)c1NS(=O)(=O)c1cccs1)C(=O)O. The van der Waals surface area contributed by atoms with E-state index in [0.717, 1.165) is 11.3 Å². The van der Waals surface area contributed by atoms with Gasteiger partial charge >= 0.3 is 5.97 Å². The molecule has 35 heavy (non-hydrogen) atoms. The van der Waals surface area contributed by atoms with Gasteiger partial charge in [0.1, 0.15) is 9.96 Å². The van der Waals surface area contributed by atoms with E-state index in [1.165, 1.54) is 48.7 Å². The van der Waals surface area contributed by atoms with E-state index >= 15 is 0 Å². The first-order valence-electron chi connectivity index (χ1n) is 9.99. The summed E-state index contributed by atoms with van der Waals surface area (Å²) in [5.74, 6) is -1.67. The minimum Gasteiger partial charge on any atom is -0.479 e. The molecule has 0 saturated heterocycles. The van der Waals surface area contributed by atoms with Gasteiger partial charge < -0.3 is 9.84 Å². The number of thiophene rings is 1. The number of nitrogens with one attached hydrogen (secondary N) is 2. The van der Waals surface area contributed by atoms with Crippen molar-refractivity contribution >= 4 is 68.3 Å². The molecule has 13 heteroatoms. The molecule has 0 radical (unpaired) electrons. The van der Waals surface area contributed by atoms with Crippen LogP contribution in [0.15, 0.2) is 63.2 Å². The summed E-state index contributed by atoms with van der Waals surface area (Å²) in [6.45, 7) is 1.66. The number of rotatable bonds is 10. The molecule has 3 rings (SSSR count). The van der Waals surface area contributed by atoms with Gasteiger partial charge in [0.15, 0.2) is 6.10 Å². The zero-order valence-electron chi connectivity index (χ0n) is 18.1. The van der Waals surface area contributed by atoms with Crippen molar-refractivity contribution < 1.29 is 27.9 Å². The lowest BCUT2D eigenvalue weighted by atomic mass is 10.2. The van der Waals surface area contributed by atoms with Crippen molar-refractivity contribution in [1.29, 1.82) is 0 Å². The van der Waals surface area contributed by atoms with E-state index in [9.17, 15) is 23.1 Å². The lowest BCUT2D eigenvalue weighted by molar-refractivity contribution is -0.145. The number of sulfonamides is 1. The van der Waals surface area contributed by atoms with Crippen LogP contribution in [0.1, 0.15) is 29.3 Å². The first-order chi connectivity index (χ1) is 16.6. The fraction of sp³-hybridized carbons (Fsp3) is 0.136. The molecule has 1 aromatic heterocycles. The van der Waals surface area contributed by atoms with Crippen molar-refractivity contribution in [3.8, 4) is 5.75 Å². The Balaban J connectivity index is 1.82. The monoisotopic (exact) mass is 555 g/mol. The zero-order chi connectivity index (χ0) is 25.6. The molecule has 2 aromatic carbocycles. The number of carbonyl (C=O) groups is 2. The molecule has 184 valence electrons. The summed E-state index contributed by atoms with van der Waals surface area (Å²) in [7, 11) is -3.96. The predicted molar refractivity (Wildman–Crippen MR) is 135 cm³/mol. The number of amides is 1. The fourth-order valence-corrected chi connectivity index (χ4v) is 5.38. The van der Waals surface area contributed by atoms with Crippen molar-refractivity contribution in [2.75, 3.05) is 4.72 Å². The average molecular weight is 556 g/mol. The number of anilines is 1. The number of ether oxygens (including phenoxy) is 1. The van der Waals surface area contributed by atoms with Crippen LogP contribution in [0.2, 0.25) is 10.0 Å². The summed E-state index contributed by atoms with van der Waals surface area (Å²) in [5, 5.41) is 15.1. The predicted octanol–water partition coefficient (Wildman–Crippen LogP) is 4.86. The molecule has 0 spiro atoms. The van der Waals surface area contributed by atoms with Gasteiger partial charge in [0.25, 0.3) is 15.9 Å².